The average molecular weight is 462 g/mol. The van der Waals surface area contributed by atoms with Crippen LogP contribution >= 0.6 is 0 Å². The van der Waals surface area contributed by atoms with Crippen molar-refractivity contribution in [2.45, 2.75) is 70.9 Å². The summed E-state index contributed by atoms with van der Waals surface area (Å²) in [5.41, 5.74) is 4.13. The fraction of sp³-hybridized carbons (Fsp3) is 0.429. The molecule has 3 aromatic rings. The summed E-state index contributed by atoms with van der Waals surface area (Å²) in [7, 11) is 1.59. The fourth-order valence-electron chi connectivity index (χ4n) is 5.36. The number of hydrogen-bond acceptors (Lipinski definition) is 5. The first-order valence-corrected chi connectivity index (χ1v) is 12.0. The zero-order valence-corrected chi connectivity index (χ0v) is 20.2. The van der Waals surface area contributed by atoms with Crippen LogP contribution in [0.2, 0.25) is 0 Å². The first kappa shape index (κ1) is 22.5. The zero-order valence-electron chi connectivity index (χ0n) is 20.2. The lowest BCUT2D eigenvalue weighted by Gasteiger charge is -2.33. The third-order valence-corrected chi connectivity index (χ3v) is 7.20. The van der Waals surface area contributed by atoms with Crippen LogP contribution in [0.4, 0.5) is 0 Å². The zero-order chi connectivity index (χ0) is 24.0. The fourth-order valence-corrected chi connectivity index (χ4v) is 5.36. The molecule has 2 heterocycles. The second kappa shape index (κ2) is 8.49. The summed E-state index contributed by atoms with van der Waals surface area (Å²) in [6.45, 7) is 5.95. The van der Waals surface area contributed by atoms with Crippen LogP contribution in [-0.4, -0.2) is 18.6 Å². The maximum Gasteiger partial charge on any atom is 0.340 e. The van der Waals surface area contributed by atoms with E-state index in [0.717, 1.165) is 48.6 Å². The van der Waals surface area contributed by atoms with Gasteiger partial charge in [-0.3, -0.25) is 4.79 Å². The molecular formula is C28H31NO5. The molecule has 1 amide bonds. The van der Waals surface area contributed by atoms with Crippen molar-refractivity contribution in [3.8, 4) is 11.5 Å². The van der Waals surface area contributed by atoms with E-state index in [1.54, 1.807) is 7.11 Å². The highest BCUT2D eigenvalue weighted by Gasteiger charge is 2.31. The molecule has 2 aliphatic rings. The highest BCUT2D eigenvalue weighted by atomic mass is 16.5. The van der Waals surface area contributed by atoms with Gasteiger partial charge in [-0.15, -0.1) is 0 Å². The minimum Gasteiger partial charge on any atom is -0.496 e. The summed E-state index contributed by atoms with van der Waals surface area (Å²) >= 11 is 0. The Morgan fingerprint density at radius 3 is 2.82 bits per heavy atom. The minimum absolute atomic E-state index is 0.0349. The van der Waals surface area contributed by atoms with E-state index in [9.17, 15) is 9.59 Å². The molecule has 0 saturated heterocycles. The molecule has 178 valence electrons. The number of carbonyl (C=O) groups excluding carboxylic acids is 1. The normalized spacial score (nSPS) is 18.5. The van der Waals surface area contributed by atoms with Crippen molar-refractivity contribution in [3.05, 3.63) is 68.6 Å². The van der Waals surface area contributed by atoms with E-state index < -0.39 is 5.63 Å². The van der Waals surface area contributed by atoms with Gasteiger partial charge in [-0.25, -0.2) is 4.79 Å². The van der Waals surface area contributed by atoms with E-state index >= 15 is 0 Å². The van der Waals surface area contributed by atoms with Gasteiger partial charge >= 0.3 is 5.63 Å². The van der Waals surface area contributed by atoms with Crippen molar-refractivity contribution < 1.29 is 18.7 Å². The molecule has 6 heteroatoms. The summed E-state index contributed by atoms with van der Waals surface area (Å²) in [4.78, 5) is 26.1. The topological polar surface area (TPSA) is 77.8 Å². The first-order valence-electron chi connectivity index (χ1n) is 12.0. The van der Waals surface area contributed by atoms with E-state index in [-0.39, 0.29) is 24.0 Å². The lowest BCUT2D eigenvalue weighted by atomic mass is 9.87. The van der Waals surface area contributed by atoms with Gasteiger partial charge in [0.15, 0.2) is 0 Å². The van der Waals surface area contributed by atoms with Gasteiger partial charge in [0.05, 0.1) is 30.5 Å². The van der Waals surface area contributed by atoms with E-state index in [2.05, 4.69) is 17.4 Å². The molecule has 0 spiro atoms. The molecule has 0 unspecified atom stereocenters. The number of rotatable bonds is 4. The van der Waals surface area contributed by atoms with E-state index in [1.807, 2.05) is 39.0 Å². The minimum atomic E-state index is -0.482. The van der Waals surface area contributed by atoms with Gasteiger partial charge in [0.25, 0.3) is 0 Å². The third kappa shape index (κ3) is 3.95. The van der Waals surface area contributed by atoms with Gasteiger partial charge < -0.3 is 19.2 Å². The molecule has 2 aromatic carbocycles. The smallest absolute Gasteiger partial charge is 0.340 e. The molecule has 0 saturated carbocycles. The summed E-state index contributed by atoms with van der Waals surface area (Å²) in [5, 5.41) is 3.87. The molecule has 0 fully saturated rings. The average Bonchev–Trinajstić information content (AvgIpc) is 2.80. The van der Waals surface area contributed by atoms with Gasteiger partial charge in [-0.1, -0.05) is 24.3 Å². The largest absolute Gasteiger partial charge is 0.496 e. The summed E-state index contributed by atoms with van der Waals surface area (Å²) in [5.74, 6) is 1.08. The van der Waals surface area contributed by atoms with Crippen LogP contribution in [0.3, 0.4) is 0 Å². The van der Waals surface area contributed by atoms with Gasteiger partial charge in [0, 0.05) is 11.6 Å². The van der Waals surface area contributed by atoms with Crippen molar-refractivity contribution in [1.82, 2.24) is 5.32 Å². The van der Waals surface area contributed by atoms with Crippen LogP contribution in [0.5, 0.6) is 11.5 Å². The number of aryl methyl sites for hydroxylation is 3. The number of amides is 1. The standard InChI is InChI=1S/C28H31NO5/c1-16-20(14-24(30)29-21-11-7-9-17-8-5-6-10-18(17)21)27(31)33-26-19-12-13-28(2,3)34-22(19)15-23(32-4)25(16)26/h5-6,8,10,15,21H,7,9,11-14H2,1-4H3,(H,29,30)/t21-/m0/s1. The molecular weight excluding hydrogens is 430 g/mol. The van der Waals surface area contributed by atoms with E-state index in [1.165, 1.54) is 11.1 Å². The second-order valence-corrected chi connectivity index (χ2v) is 10.0. The van der Waals surface area contributed by atoms with Crippen molar-refractivity contribution in [1.29, 1.82) is 0 Å². The number of carbonyl (C=O) groups is 1. The number of nitrogens with one attached hydrogen (secondary N) is 1. The number of ether oxygens (including phenoxy) is 2. The lowest BCUT2D eigenvalue weighted by molar-refractivity contribution is -0.121. The third-order valence-electron chi connectivity index (χ3n) is 7.20. The quantitative estimate of drug-likeness (QED) is 0.556. The lowest BCUT2D eigenvalue weighted by Crippen LogP contribution is -2.33. The Balaban J connectivity index is 1.49. The van der Waals surface area contributed by atoms with Crippen LogP contribution in [0.1, 0.15) is 67.0 Å². The molecule has 1 aliphatic heterocycles. The highest BCUT2D eigenvalue weighted by Crippen LogP contribution is 2.43. The second-order valence-electron chi connectivity index (χ2n) is 10.0. The maximum atomic E-state index is 13.1. The number of benzene rings is 2. The van der Waals surface area contributed by atoms with Gasteiger partial charge in [-0.2, -0.15) is 0 Å². The summed E-state index contributed by atoms with van der Waals surface area (Å²) < 4.78 is 17.6. The predicted octanol–water partition coefficient (Wildman–Crippen LogP) is 4.95. The molecule has 0 bridgehead atoms. The van der Waals surface area contributed by atoms with Crippen molar-refractivity contribution in [2.75, 3.05) is 7.11 Å². The molecule has 1 aliphatic carbocycles. The predicted molar refractivity (Wildman–Crippen MR) is 131 cm³/mol. The number of fused-ring (bicyclic) bond motifs is 4. The van der Waals surface area contributed by atoms with Crippen molar-refractivity contribution >= 4 is 16.9 Å². The van der Waals surface area contributed by atoms with Gasteiger partial charge in [-0.05, 0) is 69.6 Å². The van der Waals surface area contributed by atoms with Crippen LogP contribution in [-0.2, 0) is 24.1 Å². The summed E-state index contributed by atoms with van der Waals surface area (Å²) in [6, 6.07) is 10.1. The molecule has 1 aromatic heterocycles. The molecule has 6 nitrogen and oxygen atoms in total. The Labute approximate surface area is 199 Å². The van der Waals surface area contributed by atoms with Crippen molar-refractivity contribution in [2.24, 2.45) is 0 Å². The number of methoxy groups -OCH3 is 1. The Bertz CT molecular complexity index is 1340. The SMILES string of the molecule is COc1cc2c(c3oc(=O)c(CC(=O)N[C@H]4CCCc5ccccc54)c(C)c13)CCC(C)(C)O2. The Morgan fingerprint density at radius 1 is 1.24 bits per heavy atom. The van der Waals surface area contributed by atoms with Crippen molar-refractivity contribution in [3.63, 3.8) is 0 Å². The summed E-state index contributed by atoms with van der Waals surface area (Å²) in [6.07, 6.45) is 4.47. The Hall–Kier alpha value is -3.28. The number of hydrogen-bond donors (Lipinski definition) is 1. The first-order chi connectivity index (χ1) is 16.3. The van der Waals surface area contributed by atoms with Crippen LogP contribution in [0, 0.1) is 6.92 Å². The molecule has 0 radical (unpaired) electrons. The van der Waals surface area contributed by atoms with Gasteiger partial charge in [0.2, 0.25) is 5.91 Å². The Morgan fingerprint density at radius 2 is 2.03 bits per heavy atom. The molecule has 5 rings (SSSR count). The van der Waals surface area contributed by atoms with E-state index in [0.29, 0.717) is 22.6 Å². The van der Waals surface area contributed by atoms with Crippen LogP contribution < -0.4 is 20.4 Å². The van der Waals surface area contributed by atoms with E-state index in [4.69, 9.17) is 13.9 Å². The van der Waals surface area contributed by atoms with Gasteiger partial charge in [0.1, 0.15) is 22.7 Å². The monoisotopic (exact) mass is 461 g/mol. The highest BCUT2D eigenvalue weighted by molar-refractivity contribution is 5.93. The van der Waals surface area contributed by atoms with Crippen LogP contribution in [0.25, 0.3) is 11.0 Å². The molecule has 1 N–H and O–H groups in total. The maximum absolute atomic E-state index is 13.1. The van der Waals surface area contributed by atoms with Crippen LogP contribution in [0.15, 0.2) is 39.5 Å². The molecule has 1 atom stereocenters. The Kier molecular flexibility index (Phi) is 5.62. The molecule has 34 heavy (non-hydrogen) atoms.